The van der Waals surface area contributed by atoms with Crippen molar-refractivity contribution in [3.8, 4) is 11.3 Å². The molecule has 140 valence electrons. The van der Waals surface area contributed by atoms with Gasteiger partial charge in [0.05, 0.1) is 17.1 Å². The predicted molar refractivity (Wildman–Crippen MR) is 100 cm³/mol. The van der Waals surface area contributed by atoms with Crippen molar-refractivity contribution in [1.29, 1.82) is 0 Å². The van der Waals surface area contributed by atoms with Gasteiger partial charge in [0, 0.05) is 18.2 Å². The summed E-state index contributed by atoms with van der Waals surface area (Å²) in [6, 6.07) is 15.2. The molecule has 0 radical (unpaired) electrons. The van der Waals surface area contributed by atoms with E-state index in [-0.39, 0.29) is 29.4 Å². The van der Waals surface area contributed by atoms with Gasteiger partial charge < -0.3 is 0 Å². The van der Waals surface area contributed by atoms with Crippen LogP contribution in [0.2, 0.25) is 0 Å². The molecule has 1 heterocycles. The second-order valence-corrected chi connectivity index (χ2v) is 7.77. The predicted octanol–water partition coefficient (Wildman–Crippen LogP) is 2.34. The van der Waals surface area contributed by atoms with Gasteiger partial charge in [-0.3, -0.25) is 4.79 Å². The quantitative estimate of drug-likeness (QED) is 0.704. The largest absolute Gasteiger partial charge is 0.268 e. The molecule has 27 heavy (non-hydrogen) atoms. The lowest BCUT2D eigenvalue weighted by atomic mass is 10.1. The molecule has 0 bridgehead atoms. The van der Waals surface area contributed by atoms with Crippen molar-refractivity contribution in [3.63, 3.8) is 0 Å². The van der Waals surface area contributed by atoms with Gasteiger partial charge in [0.25, 0.3) is 5.56 Å². The molecule has 0 saturated carbocycles. The molecule has 6 nitrogen and oxygen atoms in total. The number of sulfonamides is 1. The van der Waals surface area contributed by atoms with Crippen molar-refractivity contribution in [2.45, 2.75) is 18.4 Å². The summed E-state index contributed by atoms with van der Waals surface area (Å²) in [6.07, 6.45) is 0. The first-order valence-corrected chi connectivity index (χ1v) is 9.74. The fraction of sp³-hybridized carbons (Fsp3) is 0.158. The molecule has 0 atom stereocenters. The van der Waals surface area contributed by atoms with E-state index in [9.17, 15) is 17.6 Å². The van der Waals surface area contributed by atoms with Gasteiger partial charge in [0.15, 0.2) is 0 Å². The van der Waals surface area contributed by atoms with Gasteiger partial charge in [-0.2, -0.15) is 5.10 Å². The van der Waals surface area contributed by atoms with Crippen LogP contribution in [0.4, 0.5) is 4.39 Å². The van der Waals surface area contributed by atoms with Gasteiger partial charge in [-0.25, -0.2) is 22.2 Å². The summed E-state index contributed by atoms with van der Waals surface area (Å²) >= 11 is 0. The summed E-state index contributed by atoms with van der Waals surface area (Å²) in [6.45, 7) is 1.89. The van der Waals surface area contributed by atoms with E-state index in [0.717, 1.165) is 5.56 Å². The monoisotopic (exact) mass is 387 g/mol. The van der Waals surface area contributed by atoms with Gasteiger partial charge in [-0.15, -0.1) is 0 Å². The lowest BCUT2D eigenvalue weighted by Gasteiger charge is -2.09. The first kappa shape index (κ1) is 18.9. The first-order chi connectivity index (χ1) is 12.8. The van der Waals surface area contributed by atoms with Crippen molar-refractivity contribution >= 4 is 10.0 Å². The second kappa shape index (κ2) is 7.81. The van der Waals surface area contributed by atoms with Crippen LogP contribution in [0.25, 0.3) is 11.3 Å². The van der Waals surface area contributed by atoms with Crippen molar-refractivity contribution in [2.24, 2.45) is 0 Å². The minimum atomic E-state index is -3.67. The normalized spacial score (nSPS) is 11.5. The molecule has 0 amide bonds. The zero-order valence-electron chi connectivity index (χ0n) is 14.6. The average Bonchev–Trinajstić information content (AvgIpc) is 2.64. The summed E-state index contributed by atoms with van der Waals surface area (Å²) in [7, 11) is -3.67. The standard InChI is InChI=1S/C19H18FN3O3S/c1-14-3-2-4-17(13-14)27(25,26)21-11-12-23-19(24)10-9-18(22-23)15-5-7-16(20)8-6-15/h2-10,13,21H,11-12H2,1H3. The van der Waals surface area contributed by atoms with E-state index < -0.39 is 10.0 Å². The van der Waals surface area contributed by atoms with E-state index in [1.807, 2.05) is 13.0 Å². The molecule has 1 aromatic heterocycles. The maximum atomic E-state index is 13.0. The van der Waals surface area contributed by atoms with Gasteiger partial charge >= 0.3 is 0 Å². The highest BCUT2D eigenvalue weighted by molar-refractivity contribution is 7.89. The Morgan fingerprint density at radius 1 is 1.07 bits per heavy atom. The number of aromatic nitrogens is 2. The van der Waals surface area contributed by atoms with Crippen molar-refractivity contribution < 1.29 is 12.8 Å². The molecule has 3 rings (SSSR count). The lowest BCUT2D eigenvalue weighted by molar-refractivity contribution is 0.548. The fourth-order valence-electron chi connectivity index (χ4n) is 2.54. The maximum Gasteiger partial charge on any atom is 0.266 e. The Kier molecular flexibility index (Phi) is 5.48. The van der Waals surface area contributed by atoms with E-state index in [4.69, 9.17) is 0 Å². The van der Waals surface area contributed by atoms with Crippen LogP contribution in [0.1, 0.15) is 5.56 Å². The number of benzene rings is 2. The Hall–Kier alpha value is -2.84. The summed E-state index contributed by atoms with van der Waals surface area (Å²) in [5.41, 5.74) is 1.64. The lowest BCUT2D eigenvalue weighted by Crippen LogP contribution is -2.32. The van der Waals surface area contributed by atoms with Crippen molar-refractivity contribution in [2.75, 3.05) is 6.54 Å². The molecule has 0 aliphatic carbocycles. The summed E-state index contributed by atoms with van der Waals surface area (Å²) in [5.74, 6) is -0.363. The van der Waals surface area contributed by atoms with Crippen LogP contribution in [-0.4, -0.2) is 24.7 Å². The van der Waals surface area contributed by atoms with Gasteiger partial charge in [-0.1, -0.05) is 12.1 Å². The van der Waals surface area contributed by atoms with E-state index >= 15 is 0 Å². The van der Waals surface area contributed by atoms with Crippen LogP contribution < -0.4 is 10.3 Å². The van der Waals surface area contributed by atoms with E-state index in [0.29, 0.717) is 11.3 Å². The Morgan fingerprint density at radius 2 is 1.81 bits per heavy atom. The fourth-order valence-corrected chi connectivity index (χ4v) is 3.66. The molecule has 0 aliphatic heterocycles. The SMILES string of the molecule is Cc1cccc(S(=O)(=O)NCCn2nc(-c3ccc(F)cc3)ccc2=O)c1. The Morgan fingerprint density at radius 3 is 2.52 bits per heavy atom. The molecule has 0 unspecified atom stereocenters. The zero-order chi connectivity index (χ0) is 19.4. The van der Waals surface area contributed by atoms with E-state index in [1.54, 1.807) is 30.3 Å². The Balaban J connectivity index is 1.73. The van der Waals surface area contributed by atoms with Crippen LogP contribution in [0.3, 0.4) is 0 Å². The summed E-state index contributed by atoms with van der Waals surface area (Å²) in [5, 5.41) is 4.23. The topological polar surface area (TPSA) is 81.1 Å². The average molecular weight is 387 g/mol. The molecule has 2 aromatic carbocycles. The summed E-state index contributed by atoms with van der Waals surface area (Å²) in [4.78, 5) is 12.2. The van der Waals surface area contributed by atoms with Gasteiger partial charge in [-0.05, 0) is 55.0 Å². The molecule has 0 fully saturated rings. The van der Waals surface area contributed by atoms with Crippen molar-refractivity contribution in [1.82, 2.24) is 14.5 Å². The third-order valence-electron chi connectivity index (χ3n) is 3.92. The van der Waals surface area contributed by atoms with Crippen LogP contribution in [-0.2, 0) is 16.6 Å². The highest BCUT2D eigenvalue weighted by atomic mass is 32.2. The maximum absolute atomic E-state index is 13.0. The molecular formula is C19H18FN3O3S. The van der Waals surface area contributed by atoms with E-state index in [2.05, 4.69) is 9.82 Å². The molecule has 0 saturated heterocycles. The second-order valence-electron chi connectivity index (χ2n) is 6.00. The highest BCUT2D eigenvalue weighted by Gasteiger charge is 2.13. The zero-order valence-corrected chi connectivity index (χ0v) is 15.4. The van der Waals surface area contributed by atoms with Crippen LogP contribution in [0.15, 0.2) is 70.4 Å². The molecule has 3 aromatic rings. The highest BCUT2D eigenvalue weighted by Crippen LogP contribution is 2.15. The Bertz CT molecular complexity index is 1110. The number of nitrogens with one attached hydrogen (secondary N) is 1. The molecule has 0 aliphatic rings. The van der Waals surface area contributed by atoms with Crippen molar-refractivity contribution in [3.05, 3.63) is 82.4 Å². The molecule has 0 spiro atoms. The summed E-state index contributed by atoms with van der Waals surface area (Å²) < 4.78 is 41.3. The van der Waals surface area contributed by atoms with E-state index in [1.165, 1.54) is 28.9 Å². The van der Waals surface area contributed by atoms with Gasteiger partial charge in [0.2, 0.25) is 10.0 Å². The van der Waals surface area contributed by atoms with Crippen LogP contribution in [0, 0.1) is 12.7 Å². The number of hydrogen-bond donors (Lipinski definition) is 1. The third kappa shape index (κ3) is 4.66. The number of rotatable bonds is 6. The molecule has 1 N–H and O–H groups in total. The van der Waals surface area contributed by atoms with Gasteiger partial charge in [0.1, 0.15) is 5.82 Å². The molecule has 8 heteroatoms. The van der Waals surface area contributed by atoms with Crippen LogP contribution >= 0.6 is 0 Å². The van der Waals surface area contributed by atoms with Crippen LogP contribution in [0.5, 0.6) is 0 Å². The minimum absolute atomic E-state index is 0.00997. The smallest absolute Gasteiger partial charge is 0.266 e. The number of halogens is 1. The number of nitrogens with zero attached hydrogens (tertiary/aromatic N) is 2. The third-order valence-corrected chi connectivity index (χ3v) is 5.38. The minimum Gasteiger partial charge on any atom is -0.268 e. The number of aryl methyl sites for hydroxylation is 1. The Labute approximate surface area is 156 Å². The number of hydrogen-bond acceptors (Lipinski definition) is 4. The molecular weight excluding hydrogens is 369 g/mol. The first-order valence-electron chi connectivity index (χ1n) is 8.26.